The molecule has 1 fully saturated rings. The van der Waals surface area contributed by atoms with Crippen LogP contribution in [0.15, 0.2) is 24.3 Å². The Labute approximate surface area is 191 Å². The van der Waals surface area contributed by atoms with Crippen LogP contribution in [0.4, 0.5) is 0 Å². The van der Waals surface area contributed by atoms with Crippen molar-refractivity contribution in [3.63, 3.8) is 0 Å². The van der Waals surface area contributed by atoms with E-state index in [2.05, 4.69) is 67.1 Å². The molecular formula is C23H36N6OS. The van der Waals surface area contributed by atoms with Gasteiger partial charge in [-0.25, -0.2) is 4.68 Å². The normalized spacial score (nSPS) is 15.9. The molecule has 2 aromatic rings. The highest BCUT2D eigenvalue weighted by atomic mass is 32.1. The molecule has 1 aromatic heterocycles. The Balaban J connectivity index is 1.61. The summed E-state index contributed by atoms with van der Waals surface area (Å²) in [6.07, 6.45) is 0.965. The van der Waals surface area contributed by atoms with Crippen molar-refractivity contribution in [3.8, 4) is 11.4 Å². The molecule has 0 unspecified atom stereocenters. The first-order chi connectivity index (χ1) is 14.7. The Hall–Kier alpha value is -2.03. The fourth-order valence-electron chi connectivity index (χ4n) is 3.75. The monoisotopic (exact) mass is 444 g/mol. The minimum atomic E-state index is 0.115. The molecule has 8 heteroatoms. The standard InChI is InChI=1S/C23H36N6OS/c1-6-11-24-20(30)16-27-12-14-28(15-13-27)17-29-22(31)26(5)21(25-29)18-7-9-19(10-8-18)23(2,3)4/h7-10H,6,11-17H2,1-5H3,(H,24,30). The number of nitrogens with zero attached hydrogens (tertiary/aromatic N) is 5. The summed E-state index contributed by atoms with van der Waals surface area (Å²) < 4.78 is 4.61. The predicted molar refractivity (Wildman–Crippen MR) is 127 cm³/mol. The predicted octanol–water partition coefficient (Wildman–Crippen LogP) is 3.02. The van der Waals surface area contributed by atoms with Gasteiger partial charge in [0.2, 0.25) is 5.91 Å². The van der Waals surface area contributed by atoms with Gasteiger partial charge in [0, 0.05) is 45.3 Å². The summed E-state index contributed by atoms with van der Waals surface area (Å²) in [7, 11) is 1.98. The molecule has 0 bridgehead atoms. The minimum absolute atomic E-state index is 0.115. The van der Waals surface area contributed by atoms with Crippen molar-refractivity contribution < 1.29 is 4.79 Å². The summed E-state index contributed by atoms with van der Waals surface area (Å²) in [6, 6.07) is 8.61. The molecule has 31 heavy (non-hydrogen) atoms. The van der Waals surface area contributed by atoms with Crippen molar-refractivity contribution in [2.45, 2.75) is 46.2 Å². The first-order valence-electron chi connectivity index (χ1n) is 11.1. The van der Waals surface area contributed by atoms with Crippen LogP contribution in [-0.4, -0.2) is 69.3 Å². The van der Waals surface area contributed by atoms with Crippen LogP contribution < -0.4 is 5.32 Å². The second-order valence-electron chi connectivity index (χ2n) is 9.38. The van der Waals surface area contributed by atoms with E-state index in [0.29, 0.717) is 13.2 Å². The zero-order chi connectivity index (χ0) is 22.6. The summed E-state index contributed by atoms with van der Waals surface area (Å²) in [4.78, 5) is 16.5. The molecule has 1 N–H and O–H groups in total. The summed E-state index contributed by atoms with van der Waals surface area (Å²) in [5.74, 6) is 1.00. The summed E-state index contributed by atoms with van der Waals surface area (Å²) in [6.45, 7) is 14.2. The number of rotatable bonds is 7. The highest BCUT2D eigenvalue weighted by Crippen LogP contribution is 2.25. The van der Waals surface area contributed by atoms with E-state index in [1.54, 1.807) is 0 Å². The molecule has 1 aromatic carbocycles. The fraction of sp³-hybridized carbons (Fsp3) is 0.609. The molecule has 170 valence electrons. The number of amides is 1. The lowest BCUT2D eigenvalue weighted by atomic mass is 9.87. The van der Waals surface area contributed by atoms with Gasteiger partial charge in [-0.2, -0.15) is 5.10 Å². The molecule has 1 aliphatic heterocycles. The third kappa shape index (κ3) is 6.02. The Morgan fingerprint density at radius 2 is 1.71 bits per heavy atom. The van der Waals surface area contributed by atoms with E-state index in [4.69, 9.17) is 17.3 Å². The van der Waals surface area contributed by atoms with Crippen molar-refractivity contribution in [2.24, 2.45) is 7.05 Å². The van der Waals surface area contributed by atoms with Gasteiger partial charge in [-0.05, 0) is 29.6 Å². The van der Waals surface area contributed by atoms with E-state index in [-0.39, 0.29) is 11.3 Å². The van der Waals surface area contributed by atoms with Crippen LogP contribution in [0.2, 0.25) is 0 Å². The van der Waals surface area contributed by atoms with Crippen molar-refractivity contribution in [1.29, 1.82) is 0 Å². The quantitative estimate of drug-likeness (QED) is 0.666. The van der Waals surface area contributed by atoms with Crippen LogP contribution in [0.25, 0.3) is 11.4 Å². The zero-order valence-corrected chi connectivity index (χ0v) is 20.3. The van der Waals surface area contributed by atoms with Gasteiger partial charge in [0.1, 0.15) is 0 Å². The van der Waals surface area contributed by atoms with Crippen LogP contribution in [0.5, 0.6) is 0 Å². The van der Waals surface area contributed by atoms with Gasteiger partial charge in [0.05, 0.1) is 13.2 Å². The second kappa shape index (κ2) is 10.1. The maximum absolute atomic E-state index is 11.9. The van der Waals surface area contributed by atoms with Gasteiger partial charge >= 0.3 is 0 Å². The molecule has 0 aliphatic carbocycles. The number of nitrogens with one attached hydrogen (secondary N) is 1. The Morgan fingerprint density at radius 3 is 2.29 bits per heavy atom. The maximum atomic E-state index is 11.9. The molecule has 0 saturated carbocycles. The number of benzene rings is 1. The number of carbonyl (C=O) groups excluding carboxylic acids is 1. The second-order valence-corrected chi connectivity index (χ2v) is 9.74. The Bertz CT molecular complexity index is 932. The molecule has 0 radical (unpaired) electrons. The lowest BCUT2D eigenvalue weighted by Gasteiger charge is -2.33. The van der Waals surface area contributed by atoms with E-state index >= 15 is 0 Å². The van der Waals surface area contributed by atoms with Gasteiger partial charge in [-0.1, -0.05) is 52.0 Å². The first-order valence-corrected chi connectivity index (χ1v) is 11.6. The molecule has 1 aliphatic rings. The smallest absolute Gasteiger partial charge is 0.234 e. The first kappa shape index (κ1) is 23.6. The average Bonchev–Trinajstić information content (AvgIpc) is 3.01. The number of carbonyl (C=O) groups is 1. The number of aromatic nitrogens is 3. The van der Waals surface area contributed by atoms with Gasteiger partial charge in [0.25, 0.3) is 0 Å². The highest BCUT2D eigenvalue weighted by molar-refractivity contribution is 7.71. The fourth-order valence-corrected chi connectivity index (χ4v) is 3.94. The van der Waals surface area contributed by atoms with Crippen molar-refractivity contribution in [3.05, 3.63) is 34.6 Å². The molecule has 1 saturated heterocycles. The largest absolute Gasteiger partial charge is 0.355 e. The van der Waals surface area contributed by atoms with Gasteiger partial charge < -0.3 is 9.88 Å². The van der Waals surface area contributed by atoms with E-state index in [0.717, 1.165) is 55.3 Å². The van der Waals surface area contributed by atoms with Crippen molar-refractivity contribution in [2.75, 3.05) is 39.3 Å². The third-order valence-electron chi connectivity index (χ3n) is 5.79. The Kier molecular flexibility index (Phi) is 7.67. The van der Waals surface area contributed by atoms with Gasteiger partial charge in [0.15, 0.2) is 10.6 Å². The number of piperazine rings is 1. The zero-order valence-electron chi connectivity index (χ0n) is 19.5. The highest BCUT2D eigenvalue weighted by Gasteiger charge is 2.21. The lowest BCUT2D eigenvalue weighted by Crippen LogP contribution is -2.49. The van der Waals surface area contributed by atoms with Crippen LogP contribution in [0, 0.1) is 4.77 Å². The van der Waals surface area contributed by atoms with Crippen LogP contribution >= 0.6 is 12.2 Å². The maximum Gasteiger partial charge on any atom is 0.234 e. The molecule has 0 spiro atoms. The molecular weight excluding hydrogens is 408 g/mol. The SMILES string of the molecule is CCCNC(=O)CN1CCN(Cn2nc(-c3ccc(C(C)(C)C)cc3)n(C)c2=S)CC1. The molecule has 1 amide bonds. The van der Waals surface area contributed by atoms with E-state index < -0.39 is 0 Å². The lowest BCUT2D eigenvalue weighted by molar-refractivity contribution is -0.122. The van der Waals surface area contributed by atoms with E-state index in [1.165, 1.54) is 5.56 Å². The van der Waals surface area contributed by atoms with Crippen LogP contribution in [-0.2, 0) is 23.9 Å². The molecule has 0 atom stereocenters. The summed E-state index contributed by atoms with van der Waals surface area (Å²) in [5, 5.41) is 7.77. The summed E-state index contributed by atoms with van der Waals surface area (Å²) >= 11 is 5.66. The molecule has 7 nitrogen and oxygen atoms in total. The molecule has 2 heterocycles. The van der Waals surface area contributed by atoms with E-state index in [9.17, 15) is 4.79 Å². The number of hydrogen-bond donors (Lipinski definition) is 1. The molecule has 3 rings (SSSR count). The van der Waals surface area contributed by atoms with Gasteiger partial charge in [-0.3, -0.25) is 14.6 Å². The number of hydrogen-bond acceptors (Lipinski definition) is 5. The van der Waals surface area contributed by atoms with E-state index in [1.807, 2.05) is 16.3 Å². The average molecular weight is 445 g/mol. The van der Waals surface area contributed by atoms with Gasteiger partial charge in [-0.15, -0.1) is 0 Å². The third-order valence-corrected chi connectivity index (χ3v) is 6.27. The van der Waals surface area contributed by atoms with Crippen LogP contribution in [0.1, 0.15) is 39.7 Å². The van der Waals surface area contributed by atoms with Crippen molar-refractivity contribution in [1.82, 2.24) is 29.5 Å². The van der Waals surface area contributed by atoms with Crippen LogP contribution in [0.3, 0.4) is 0 Å². The minimum Gasteiger partial charge on any atom is -0.355 e. The van der Waals surface area contributed by atoms with Crippen molar-refractivity contribution >= 4 is 18.1 Å². The Morgan fingerprint density at radius 1 is 1.10 bits per heavy atom. The summed E-state index contributed by atoms with van der Waals surface area (Å²) in [5.41, 5.74) is 2.50. The topological polar surface area (TPSA) is 58.3 Å².